The van der Waals surface area contributed by atoms with Crippen LogP contribution in [-0.4, -0.2) is 43.0 Å². The Labute approximate surface area is 171 Å². The molecule has 0 fully saturated rings. The van der Waals surface area contributed by atoms with Gasteiger partial charge in [0, 0.05) is 18.4 Å². The van der Waals surface area contributed by atoms with Gasteiger partial charge in [-0.2, -0.15) is 0 Å². The minimum absolute atomic E-state index is 0.0151. The van der Waals surface area contributed by atoms with Crippen LogP contribution in [0.15, 0.2) is 60.7 Å². The molecule has 2 aromatic rings. The molecular formula is C23H27N4O2+. The van der Waals surface area contributed by atoms with Gasteiger partial charge in [-0.1, -0.05) is 54.6 Å². The summed E-state index contributed by atoms with van der Waals surface area (Å²) in [5.74, 6) is -0.241. The molecule has 1 atom stereocenters. The number of hydrogen-bond acceptors (Lipinski definition) is 3. The minimum atomic E-state index is -0.142. The van der Waals surface area contributed by atoms with Crippen molar-refractivity contribution in [1.29, 1.82) is 0 Å². The van der Waals surface area contributed by atoms with E-state index in [0.717, 1.165) is 37.3 Å². The van der Waals surface area contributed by atoms with E-state index < -0.39 is 0 Å². The first kappa shape index (κ1) is 19.2. The van der Waals surface area contributed by atoms with Crippen molar-refractivity contribution in [2.24, 2.45) is 0 Å². The molecule has 1 unspecified atom stereocenters. The zero-order valence-corrected chi connectivity index (χ0v) is 16.5. The summed E-state index contributed by atoms with van der Waals surface area (Å²) < 4.78 is 0. The van der Waals surface area contributed by atoms with Gasteiger partial charge in [0.1, 0.15) is 13.1 Å². The fourth-order valence-electron chi connectivity index (χ4n) is 3.92. The number of carbonyl (C=O) groups is 2. The van der Waals surface area contributed by atoms with Crippen LogP contribution >= 0.6 is 0 Å². The summed E-state index contributed by atoms with van der Waals surface area (Å²) in [4.78, 5) is 26.0. The normalized spacial score (nSPS) is 18.5. The molecule has 6 heteroatoms. The van der Waals surface area contributed by atoms with Gasteiger partial charge in [0.2, 0.25) is 11.8 Å². The Morgan fingerprint density at radius 1 is 1.07 bits per heavy atom. The first-order valence-electron chi connectivity index (χ1n) is 10.2. The van der Waals surface area contributed by atoms with Crippen LogP contribution < -0.4 is 15.6 Å². The number of nitrogens with zero attached hydrogens (tertiary/aromatic N) is 1. The Hall–Kier alpha value is -3.12. The number of quaternary nitrogens is 1. The average molecular weight is 391 g/mol. The molecule has 0 saturated carbocycles. The Bertz CT molecular complexity index is 910. The third-order valence-electron chi connectivity index (χ3n) is 5.53. The van der Waals surface area contributed by atoms with Crippen LogP contribution in [0, 0.1) is 0 Å². The topological polar surface area (TPSA) is 65.9 Å². The fraction of sp³-hybridized carbons (Fsp3) is 0.304. The van der Waals surface area contributed by atoms with Crippen LogP contribution in [0.2, 0.25) is 0 Å². The van der Waals surface area contributed by atoms with Gasteiger partial charge < -0.3 is 10.2 Å². The van der Waals surface area contributed by atoms with Gasteiger partial charge >= 0.3 is 0 Å². The summed E-state index contributed by atoms with van der Waals surface area (Å²) in [6.45, 7) is 3.60. The first-order chi connectivity index (χ1) is 14.2. The predicted molar refractivity (Wildman–Crippen MR) is 111 cm³/mol. The zero-order chi connectivity index (χ0) is 20.1. The molecule has 0 saturated heterocycles. The summed E-state index contributed by atoms with van der Waals surface area (Å²) >= 11 is 0. The number of fused-ring (bicyclic) bond motifs is 1. The van der Waals surface area contributed by atoms with Gasteiger partial charge in [-0.25, -0.2) is 5.01 Å². The maximum absolute atomic E-state index is 12.4. The van der Waals surface area contributed by atoms with Crippen molar-refractivity contribution >= 4 is 17.5 Å². The second-order valence-electron chi connectivity index (χ2n) is 7.58. The Morgan fingerprint density at radius 2 is 1.83 bits per heavy atom. The molecule has 4 rings (SSSR count). The van der Waals surface area contributed by atoms with Gasteiger partial charge in [-0.05, 0) is 17.2 Å². The van der Waals surface area contributed by atoms with E-state index in [0.29, 0.717) is 13.0 Å². The molecule has 0 aromatic heterocycles. The lowest BCUT2D eigenvalue weighted by atomic mass is 10.00. The van der Waals surface area contributed by atoms with Gasteiger partial charge in [-0.15, -0.1) is 0 Å². The molecule has 3 N–H and O–H groups in total. The van der Waals surface area contributed by atoms with Crippen molar-refractivity contribution in [3.63, 3.8) is 0 Å². The molecule has 2 aliphatic heterocycles. The van der Waals surface area contributed by atoms with Crippen LogP contribution in [0.3, 0.4) is 0 Å². The molecule has 2 heterocycles. The van der Waals surface area contributed by atoms with E-state index in [1.54, 1.807) is 0 Å². The fourth-order valence-corrected chi connectivity index (χ4v) is 3.92. The Morgan fingerprint density at radius 3 is 2.66 bits per heavy atom. The van der Waals surface area contributed by atoms with E-state index in [4.69, 9.17) is 0 Å². The molecule has 2 amide bonds. The maximum atomic E-state index is 12.4. The van der Waals surface area contributed by atoms with E-state index in [1.807, 2.05) is 36.4 Å². The molecule has 2 aromatic carbocycles. The predicted octanol–water partition coefficient (Wildman–Crippen LogP) is 0.522. The highest BCUT2D eigenvalue weighted by atomic mass is 16.2. The molecule has 0 spiro atoms. The van der Waals surface area contributed by atoms with Crippen LogP contribution in [0.25, 0.3) is 5.70 Å². The van der Waals surface area contributed by atoms with E-state index in [-0.39, 0.29) is 18.4 Å². The lowest BCUT2D eigenvalue weighted by Crippen LogP contribution is -3.12. The Balaban J connectivity index is 1.24. The van der Waals surface area contributed by atoms with Crippen molar-refractivity contribution in [2.45, 2.75) is 19.4 Å². The lowest BCUT2D eigenvalue weighted by Gasteiger charge is -2.29. The van der Waals surface area contributed by atoms with Gasteiger partial charge in [0.25, 0.3) is 0 Å². The summed E-state index contributed by atoms with van der Waals surface area (Å²) in [6, 6.07) is 18.4. The number of nitrogens with one attached hydrogen (secondary N) is 3. The summed E-state index contributed by atoms with van der Waals surface area (Å²) in [5, 5.41) is 4.37. The number of rotatable bonds is 6. The van der Waals surface area contributed by atoms with Gasteiger partial charge in [0.15, 0.2) is 0 Å². The van der Waals surface area contributed by atoms with Crippen molar-refractivity contribution in [1.82, 2.24) is 15.8 Å². The Kier molecular flexibility index (Phi) is 5.91. The molecule has 150 valence electrons. The van der Waals surface area contributed by atoms with Crippen LogP contribution in [-0.2, 0) is 22.6 Å². The number of benzene rings is 2. The third kappa shape index (κ3) is 4.84. The quantitative estimate of drug-likeness (QED) is 0.673. The number of amides is 2. The molecule has 0 aliphatic carbocycles. The van der Waals surface area contributed by atoms with Crippen LogP contribution in [0.1, 0.15) is 23.1 Å². The largest absolute Gasteiger partial charge is 0.349 e. The van der Waals surface area contributed by atoms with Crippen molar-refractivity contribution in [3.05, 3.63) is 77.4 Å². The first-order valence-corrected chi connectivity index (χ1v) is 10.2. The second-order valence-corrected chi connectivity index (χ2v) is 7.58. The van der Waals surface area contributed by atoms with E-state index in [9.17, 15) is 9.59 Å². The summed E-state index contributed by atoms with van der Waals surface area (Å²) in [5.41, 5.74) is 7.78. The number of carbonyl (C=O) groups excluding carboxylic acids is 2. The lowest BCUT2D eigenvalue weighted by molar-refractivity contribution is -0.914. The van der Waals surface area contributed by atoms with E-state index >= 15 is 0 Å². The molecular weight excluding hydrogens is 364 g/mol. The SMILES string of the molecule is O=C(CN1NC(c2ccccc2)=CCC1=O)NCC[NH+]1CCc2ccccc2C1. The number of hydrazine groups is 1. The van der Waals surface area contributed by atoms with Gasteiger partial charge in [-0.3, -0.25) is 15.0 Å². The smallest absolute Gasteiger partial charge is 0.245 e. The monoisotopic (exact) mass is 391 g/mol. The molecule has 29 heavy (non-hydrogen) atoms. The number of hydrogen-bond donors (Lipinski definition) is 3. The molecule has 6 nitrogen and oxygen atoms in total. The highest BCUT2D eigenvalue weighted by Gasteiger charge is 2.23. The maximum Gasteiger partial charge on any atom is 0.245 e. The molecule has 0 radical (unpaired) electrons. The average Bonchev–Trinajstić information content (AvgIpc) is 2.76. The zero-order valence-electron chi connectivity index (χ0n) is 16.5. The standard InChI is InChI=1S/C23H26N4O2/c28-22(24-13-15-26-14-12-18-6-4-5-9-20(18)16-26)17-27-23(29)11-10-21(25-27)19-7-2-1-3-8-19/h1-10,25H,11-17H2,(H,24,28)/p+1. The highest BCUT2D eigenvalue weighted by molar-refractivity contribution is 5.88. The van der Waals surface area contributed by atoms with Crippen molar-refractivity contribution in [3.8, 4) is 0 Å². The second kappa shape index (κ2) is 8.92. The molecule has 2 aliphatic rings. The molecule has 0 bridgehead atoms. The minimum Gasteiger partial charge on any atom is -0.349 e. The van der Waals surface area contributed by atoms with E-state index in [2.05, 4.69) is 35.0 Å². The van der Waals surface area contributed by atoms with Crippen molar-refractivity contribution in [2.75, 3.05) is 26.2 Å². The van der Waals surface area contributed by atoms with Gasteiger partial charge in [0.05, 0.1) is 25.3 Å². The highest BCUT2D eigenvalue weighted by Crippen LogP contribution is 2.16. The third-order valence-corrected chi connectivity index (χ3v) is 5.53. The summed E-state index contributed by atoms with van der Waals surface area (Å²) in [6.07, 6.45) is 3.24. The summed E-state index contributed by atoms with van der Waals surface area (Å²) in [7, 11) is 0. The van der Waals surface area contributed by atoms with E-state index in [1.165, 1.54) is 21.0 Å². The van der Waals surface area contributed by atoms with Crippen LogP contribution in [0.4, 0.5) is 0 Å². The van der Waals surface area contributed by atoms with Crippen LogP contribution in [0.5, 0.6) is 0 Å². The van der Waals surface area contributed by atoms with Crippen molar-refractivity contribution < 1.29 is 14.5 Å².